The molecule has 3 N–H and O–H groups in total. The van der Waals surface area contributed by atoms with Crippen LogP contribution in [0.5, 0.6) is 0 Å². The Hall–Kier alpha value is -0.610. The minimum atomic E-state index is 0.200. The van der Waals surface area contributed by atoms with E-state index in [0.717, 1.165) is 32.5 Å². The summed E-state index contributed by atoms with van der Waals surface area (Å²) >= 11 is 0. The summed E-state index contributed by atoms with van der Waals surface area (Å²) in [6, 6.07) is 0. The number of rotatable bonds is 7. The molecule has 20 heavy (non-hydrogen) atoms. The number of hydrogen-bond acceptors (Lipinski definition) is 3. The smallest absolute Gasteiger partial charge is 0.220 e. The van der Waals surface area contributed by atoms with E-state index in [2.05, 4.69) is 38.0 Å². The summed E-state index contributed by atoms with van der Waals surface area (Å²) in [7, 11) is 2.14. The zero-order valence-corrected chi connectivity index (χ0v) is 13.7. The molecule has 1 aliphatic heterocycles. The first-order valence-corrected chi connectivity index (χ1v) is 7.98. The highest BCUT2D eigenvalue weighted by atomic mass is 16.1. The topological polar surface area (TPSA) is 58.4 Å². The van der Waals surface area contributed by atoms with E-state index in [1.165, 1.54) is 6.42 Å². The summed E-state index contributed by atoms with van der Waals surface area (Å²) in [5.41, 5.74) is 5.91. The van der Waals surface area contributed by atoms with Crippen LogP contribution in [0.2, 0.25) is 0 Å². The molecule has 0 aromatic carbocycles. The van der Waals surface area contributed by atoms with Crippen molar-refractivity contribution in [3.63, 3.8) is 0 Å². The molecule has 1 amide bonds. The number of nitrogens with two attached hydrogens (primary N) is 1. The molecule has 1 aliphatic rings. The van der Waals surface area contributed by atoms with Crippen LogP contribution in [0.15, 0.2) is 0 Å². The number of carbonyl (C=O) groups is 1. The average molecular weight is 283 g/mol. The lowest BCUT2D eigenvalue weighted by Gasteiger charge is -2.30. The molecule has 1 heterocycles. The fraction of sp³-hybridized carbons (Fsp3) is 0.938. The zero-order valence-electron chi connectivity index (χ0n) is 13.7. The van der Waals surface area contributed by atoms with Crippen molar-refractivity contribution < 1.29 is 4.79 Å². The maximum atomic E-state index is 12.0. The standard InChI is InChI=1S/C16H33N3O/c1-16(2,3)14(7-9-17)5-6-15(20)18-11-13-8-10-19(4)12-13/h13-14H,5-12,17H2,1-4H3,(H,18,20). The Morgan fingerprint density at radius 1 is 1.40 bits per heavy atom. The quantitative estimate of drug-likeness (QED) is 0.749. The lowest BCUT2D eigenvalue weighted by atomic mass is 9.76. The summed E-state index contributed by atoms with van der Waals surface area (Å²) in [5, 5.41) is 3.10. The second kappa shape index (κ2) is 7.99. The molecule has 1 saturated heterocycles. The van der Waals surface area contributed by atoms with Crippen LogP contribution in [0.25, 0.3) is 0 Å². The van der Waals surface area contributed by atoms with Crippen LogP contribution in [0.1, 0.15) is 46.5 Å². The first-order valence-electron chi connectivity index (χ1n) is 7.98. The number of nitrogens with one attached hydrogen (secondary N) is 1. The van der Waals surface area contributed by atoms with Crippen molar-refractivity contribution >= 4 is 5.91 Å². The lowest BCUT2D eigenvalue weighted by molar-refractivity contribution is -0.121. The van der Waals surface area contributed by atoms with E-state index < -0.39 is 0 Å². The van der Waals surface area contributed by atoms with E-state index in [-0.39, 0.29) is 11.3 Å². The van der Waals surface area contributed by atoms with Crippen molar-refractivity contribution in [3.8, 4) is 0 Å². The number of hydrogen-bond donors (Lipinski definition) is 2. The number of nitrogens with zero attached hydrogens (tertiary/aromatic N) is 1. The van der Waals surface area contributed by atoms with E-state index >= 15 is 0 Å². The van der Waals surface area contributed by atoms with Crippen LogP contribution in [-0.4, -0.2) is 44.0 Å². The first-order chi connectivity index (χ1) is 9.32. The minimum Gasteiger partial charge on any atom is -0.356 e. The Morgan fingerprint density at radius 2 is 2.10 bits per heavy atom. The van der Waals surface area contributed by atoms with Gasteiger partial charge in [-0.05, 0) is 56.7 Å². The monoisotopic (exact) mass is 283 g/mol. The van der Waals surface area contributed by atoms with Gasteiger partial charge in [-0.15, -0.1) is 0 Å². The van der Waals surface area contributed by atoms with Gasteiger partial charge in [0.25, 0.3) is 0 Å². The molecule has 0 bridgehead atoms. The summed E-state index contributed by atoms with van der Waals surface area (Å²) in [4.78, 5) is 14.3. The van der Waals surface area contributed by atoms with Crippen molar-refractivity contribution in [1.82, 2.24) is 10.2 Å². The first kappa shape index (κ1) is 17.4. The molecule has 0 aliphatic carbocycles. The molecule has 2 unspecified atom stereocenters. The van der Waals surface area contributed by atoms with Gasteiger partial charge in [0.15, 0.2) is 0 Å². The predicted octanol–water partition coefficient (Wildman–Crippen LogP) is 1.85. The van der Waals surface area contributed by atoms with Crippen LogP contribution in [0.4, 0.5) is 0 Å². The molecule has 0 spiro atoms. The van der Waals surface area contributed by atoms with Crippen molar-refractivity contribution in [1.29, 1.82) is 0 Å². The van der Waals surface area contributed by atoms with Crippen LogP contribution >= 0.6 is 0 Å². The highest BCUT2D eigenvalue weighted by molar-refractivity contribution is 5.75. The molecule has 1 fully saturated rings. The fourth-order valence-electron chi connectivity index (χ4n) is 3.06. The molecule has 0 aromatic rings. The predicted molar refractivity (Wildman–Crippen MR) is 84.5 cm³/mol. The van der Waals surface area contributed by atoms with Gasteiger partial charge in [-0.2, -0.15) is 0 Å². The van der Waals surface area contributed by atoms with Gasteiger partial charge < -0.3 is 16.0 Å². The van der Waals surface area contributed by atoms with Gasteiger partial charge in [-0.25, -0.2) is 0 Å². The lowest BCUT2D eigenvalue weighted by Crippen LogP contribution is -2.31. The molecule has 118 valence electrons. The van der Waals surface area contributed by atoms with E-state index in [9.17, 15) is 4.79 Å². The van der Waals surface area contributed by atoms with E-state index in [1.54, 1.807) is 0 Å². The molecule has 2 atom stereocenters. The SMILES string of the molecule is CN1CCC(CNC(=O)CCC(CCN)C(C)(C)C)C1. The van der Waals surface area contributed by atoms with Crippen molar-refractivity contribution in [2.45, 2.75) is 46.5 Å². The minimum absolute atomic E-state index is 0.200. The number of amides is 1. The van der Waals surface area contributed by atoms with Crippen molar-refractivity contribution in [2.24, 2.45) is 23.0 Å². The van der Waals surface area contributed by atoms with Gasteiger partial charge in [0.2, 0.25) is 5.91 Å². The summed E-state index contributed by atoms with van der Waals surface area (Å²) in [6.07, 6.45) is 3.78. The Kier molecular flexibility index (Phi) is 6.96. The number of carbonyl (C=O) groups excluding carboxylic acids is 1. The van der Waals surface area contributed by atoms with Crippen molar-refractivity contribution in [2.75, 3.05) is 33.2 Å². The summed E-state index contributed by atoms with van der Waals surface area (Å²) in [5.74, 6) is 1.35. The average Bonchev–Trinajstić information content (AvgIpc) is 2.76. The molecule has 4 nitrogen and oxygen atoms in total. The molecule has 0 radical (unpaired) electrons. The normalized spacial score (nSPS) is 21.9. The van der Waals surface area contributed by atoms with Gasteiger partial charge in [-0.3, -0.25) is 4.79 Å². The van der Waals surface area contributed by atoms with Crippen molar-refractivity contribution in [3.05, 3.63) is 0 Å². The Bertz CT molecular complexity index is 299. The summed E-state index contributed by atoms with van der Waals surface area (Å²) < 4.78 is 0. The van der Waals surface area contributed by atoms with E-state index in [4.69, 9.17) is 5.73 Å². The van der Waals surface area contributed by atoms with Crippen LogP contribution in [0, 0.1) is 17.3 Å². The Balaban J connectivity index is 2.24. The van der Waals surface area contributed by atoms with Crippen LogP contribution in [-0.2, 0) is 4.79 Å². The maximum Gasteiger partial charge on any atom is 0.220 e. The molecule has 1 rings (SSSR count). The fourth-order valence-corrected chi connectivity index (χ4v) is 3.06. The second-order valence-electron chi connectivity index (χ2n) is 7.40. The van der Waals surface area contributed by atoms with Gasteiger partial charge in [0, 0.05) is 19.5 Å². The summed E-state index contributed by atoms with van der Waals surface area (Å²) in [6.45, 7) is 10.5. The largest absolute Gasteiger partial charge is 0.356 e. The zero-order chi connectivity index (χ0) is 15.2. The van der Waals surface area contributed by atoms with Gasteiger partial charge >= 0.3 is 0 Å². The third-order valence-electron chi connectivity index (χ3n) is 4.54. The third-order valence-corrected chi connectivity index (χ3v) is 4.54. The molecule has 4 heteroatoms. The highest BCUT2D eigenvalue weighted by Crippen LogP contribution is 2.32. The molecular weight excluding hydrogens is 250 g/mol. The van der Waals surface area contributed by atoms with Gasteiger partial charge in [0.05, 0.1) is 0 Å². The van der Waals surface area contributed by atoms with Gasteiger partial charge in [-0.1, -0.05) is 20.8 Å². The van der Waals surface area contributed by atoms with Gasteiger partial charge in [0.1, 0.15) is 0 Å². The third kappa shape index (κ3) is 6.23. The van der Waals surface area contributed by atoms with E-state index in [0.29, 0.717) is 24.8 Å². The Labute approximate surface area is 124 Å². The maximum absolute atomic E-state index is 12.0. The second-order valence-corrected chi connectivity index (χ2v) is 7.40. The Morgan fingerprint density at radius 3 is 2.60 bits per heavy atom. The highest BCUT2D eigenvalue weighted by Gasteiger charge is 2.25. The van der Waals surface area contributed by atoms with Crippen LogP contribution in [0.3, 0.4) is 0 Å². The molecule has 0 aromatic heterocycles. The molecular formula is C16H33N3O. The number of likely N-dealkylation sites (tertiary alicyclic amines) is 1. The molecule has 0 saturated carbocycles. The van der Waals surface area contributed by atoms with E-state index in [1.807, 2.05) is 0 Å². The van der Waals surface area contributed by atoms with Crippen LogP contribution < -0.4 is 11.1 Å².